The van der Waals surface area contributed by atoms with Crippen LogP contribution in [0.25, 0.3) is 5.69 Å². The van der Waals surface area contributed by atoms with Gasteiger partial charge in [-0.1, -0.05) is 32.0 Å². The molecule has 0 saturated carbocycles. The molecule has 1 heterocycles. The van der Waals surface area contributed by atoms with E-state index in [0.29, 0.717) is 11.4 Å². The van der Waals surface area contributed by atoms with E-state index in [4.69, 9.17) is 0 Å². The Morgan fingerprint density at radius 3 is 2.32 bits per heavy atom. The third kappa shape index (κ3) is 4.32. The number of hydrazine groups is 1. The van der Waals surface area contributed by atoms with Crippen molar-refractivity contribution in [3.63, 3.8) is 0 Å². The molecular weight excluding hydrogens is 320 g/mol. The smallest absolute Gasteiger partial charge is 0.283 e. The largest absolute Gasteiger partial charge is 0.310 e. The first-order valence-electron chi connectivity index (χ1n) is 8.06. The molecule has 0 aliphatic carbocycles. The van der Waals surface area contributed by atoms with Crippen LogP contribution in [-0.4, -0.2) is 27.4 Å². The quantitative estimate of drug-likeness (QED) is 0.493. The first kappa shape index (κ1) is 18.4. The van der Waals surface area contributed by atoms with Crippen molar-refractivity contribution in [2.45, 2.75) is 34.1 Å². The first-order valence-corrected chi connectivity index (χ1v) is 8.06. The van der Waals surface area contributed by atoms with Crippen LogP contribution in [0.4, 0.5) is 0 Å². The fraction of sp³-hybridized carbons (Fsp3) is 0.333. The van der Waals surface area contributed by atoms with E-state index >= 15 is 0 Å². The van der Waals surface area contributed by atoms with Crippen LogP contribution < -0.4 is 10.9 Å². The molecule has 0 fully saturated rings. The van der Waals surface area contributed by atoms with Crippen molar-refractivity contribution < 1.29 is 14.4 Å². The lowest BCUT2D eigenvalue weighted by molar-refractivity contribution is -0.127. The molecule has 2 N–H and O–H groups in total. The number of carbonyl (C=O) groups is 3. The third-order valence-corrected chi connectivity index (χ3v) is 3.63. The number of hydrogen-bond donors (Lipinski definition) is 2. The number of benzene rings is 1. The van der Waals surface area contributed by atoms with E-state index in [2.05, 4.69) is 16.0 Å². The molecule has 1 aromatic carbocycles. The maximum atomic E-state index is 12.4. The van der Waals surface area contributed by atoms with Crippen LogP contribution >= 0.6 is 0 Å². The van der Waals surface area contributed by atoms with Gasteiger partial charge in [-0.25, -0.2) is 4.68 Å². The fourth-order valence-corrected chi connectivity index (χ4v) is 2.51. The lowest BCUT2D eigenvalue weighted by Crippen LogP contribution is -2.45. The predicted molar refractivity (Wildman–Crippen MR) is 93.1 cm³/mol. The Morgan fingerprint density at radius 2 is 1.72 bits per heavy atom. The fourth-order valence-electron chi connectivity index (χ4n) is 2.51. The van der Waals surface area contributed by atoms with Crippen LogP contribution in [0.15, 0.2) is 30.3 Å². The van der Waals surface area contributed by atoms with Gasteiger partial charge in [0.1, 0.15) is 0 Å². The molecule has 0 aliphatic heterocycles. The van der Waals surface area contributed by atoms with Crippen molar-refractivity contribution in [3.8, 4) is 5.69 Å². The Kier molecular flexibility index (Phi) is 5.69. The molecule has 2 amide bonds. The lowest BCUT2D eigenvalue weighted by Gasteiger charge is -2.08. The van der Waals surface area contributed by atoms with Gasteiger partial charge in [0.15, 0.2) is 0 Å². The molecule has 0 radical (unpaired) electrons. The van der Waals surface area contributed by atoms with Crippen LogP contribution in [0.5, 0.6) is 0 Å². The van der Waals surface area contributed by atoms with E-state index in [1.54, 1.807) is 18.5 Å². The minimum absolute atomic E-state index is 0.154. The molecule has 0 bridgehead atoms. The second-order valence-electron chi connectivity index (χ2n) is 6.22. The Morgan fingerprint density at radius 1 is 1.08 bits per heavy atom. The maximum absolute atomic E-state index is 12.4. The van der Waals surface area contributed by atoms with Crippen LogP contribution in [-0.2, 0) is 9.59 Å². The summed E-state index contributed by atoms with van der Waals surface area (Å²) in [5, 5.41) is 4.35. The zero-order chi connectivity index (χ0) is 18.6. The Hall–Kier alpha value is -2.96. The maximum Gasteiger partial charge on any atom is 0.310 e. The Labute approximate surface area is 146 Å². The Bertz CT molecular complexity index is 794. The highest BCUT2D eigenvalue weighted by atomic mass is 16.2. The summed E-state index contributed by atoms with van der Waals surface area (Å²) in [6.07, 6.45) is 0.262. The standard InChI is InChI=1S/C18H22N4O3/c1-11(2)10-15(23)19-20-18(25)17(24)16-12(3)21-22(13(16)4)14-8-6-5-7-9-14/h5-9,11H,10H2,1-4H3,(H,19,23)(H,20,25). The highest BCUT2D eigenvalue weighted by Gasteiger charge is 2.25. The molecule has 7 heteroatoms. The number of Topliss-reactive ketones (excluding diaryl/α,β-unsaturated/α-hetero) is 1. The van der Waals surface area contributed by atoms with Crippen LogP contribution in [0, 0.1) is 19.8 Å². The van der Waals surface area contributed by atoms with E-state index < -0.39 is 11.7 Å². The monoisotopic (exact) mass is 342 g/mol. The average molecular weight is 342 g/mol. The van der Waals surface area contributed by atoms with Crippen molar-refractivity contribution in [2.75, 3.05) is 0 Å². The van der Waals surface area contributed by atoms with Crippen molar-refractivity contribution in [2.24, 2.45) is 5.92 Å². The van der Waals surface area contributed by atoms with E-state index in [-0.39, 0.29) is 23.8 Å². The van der Waals surface area contributed by atoms with Gasteiger partial charge in [0.05, 0.1) is 22.6 Å². The number of carbonyl (C=O) groups excluding carboxylic acids is 3. The molecule has 1 aromatic heterocycles. The molecular formula is C18H22N4O3. The van der Waals surface area contributed by atoms with E-state index in [1.165, 1.54) is 0 Å². The van der Waals surface area contributed by atoms with Gasteiger partial charge in [0.2, 0.25) is 5.91 Å². The molecule has 0 spiro atoms. The van der Waals surface area contributed by atoms with Gasteiger partial charge in [-0.15, -0.1) is 0 Å². The molecule has 2 aromatic rings. The summed E-state index contributed by atoms with van der Waals surface area (Å²) in [6, 6.07) is 9.34. The number of aryl methyl sites for hydroxylation is 1. The van der Waals surface area contributed by atoms with Crippen molar-refractivity contribution in [1.82, 2.24) is 20.6 Å². The van der Waals surface area contributed by atoms with Crippen LogP contribution in [0.2, 0.25) is 0 Å². The summed E-state index contributed by atoms with van der Waals surface area (Å²) >= 11 is 0. The van der Waals surface area contributed by atoms with Crippen molar-refractivity contribution in [1.29, 1.82) is 0 Å². The van der Waals surface area contributed by atoms with Gasteiger partial charge >= 0.3 is 5.91 Å². The van der Waals surface area contributed by atoms with Crippen LogP contribution in [0.1, 0.15) is 42.0 Å². The minimum Gasteiger partial charge on any atom is -0.283 e. The highest BCUT2D eigenvalue weighted by Crippen LogP contribution is 2.18. The van der Waals surface area contributed by atoms with Crippen molar-refractivity contribution in [3.05, 3.63) is 47.3 Å². The number of nitrogens with one attached hydrogen (secondary N) is 2. The number of nitrogens with zero attached hydrogens (tertiary/aromatic N) is 2. The van der Waals surface area contributed by atoms with E-state index in [9.17, 15) is 14.4 Å². The van der Waals surface area contributed by atoms with Gasteiger partial charge < -0.3 is 0 Å². The van der Waals surface area contributed by atoms with Crippen LogP contribution in [0.3, 0.4) is 0 Å². The summed E-state index contributed by atoms with van der Waals surface area (Å²) < 4.78 is 1.62. The number of amides is 2. The van der Waals surface area contributed by atoms with Gasteiger partial charge in [0.25, 0.3) is 5.78 Å². The van der Waals surface area contributed by atoms with Gasteiger partial charge in [-0.3, -0.25) is 25.2 Å². The topological polar surface area (TPSA) is 93.1 Å². The zero-order valence-electron chi connectivity index (χ0n) is 14.8. The lowest BCUT2D eigenvalue weighted by atomic mass is 10.1. The van der Waals surface area contributed by atoms with E-state index in [1.807, 2.05) is 44.2 Å². The molecule has 132 valence electrons. The molecule has 25 heavy (non-hydrogen) atoms. The number of rotatable bonds is 5. The second-order valence-corrected chi connectivity index (χ2v) is 6.22. The number of para-hydroxylation sites is 1. The molecule has 0 atom stereocenters. The Balaban J connectivity index is 2.16. The normalized spacial score (nSPS) is 10.6. The van der Waals surface area contributed by atoms with Gasteiger partial charge in [-0.05, 0) is 31.9 Å². The summed E-state index contributed by atoms with van der Waals surface area (Å²) in [5.74, 6) is -1.82. The number of hydrogen-bond acceptors (Lipinski definition) is 4. The minimum atomic E-state index is -0.893. The summed E-state index contributed by atoms with van der Waals surface area (Å²) in [4.78, 5) is 36.1. The first-order chi connectivity index (χ1) is 11.8. The third-order valence-electron chi connectivity index (χ3n) is 3.63. The zero-order valence-corrected chi connectivity index (χ0v) is 14.8. The molecule has 0 unspecified atom stereocenters. The number of aromatic nitrogens is 2. The average Bonchev–Trinajstić information content (AvgIpc) is 2.86. The summed E-state index contributed by atoms with van der Waals surface area (Å²) in [5.41, 5.74) is 6.47. The van der Waals surface area contributed by atoms with Gasteiger partial charge in [0, 0.05) is 6.42 Å². The number of ketones is 1. The van der Waals surface area contributed by atoms with Crippen molar-refractivity contribution >= 4 is 17.6 Å². The predicted octanol–water partition coefficient (Wildman–Crippen LogP) is 1.87. The molecule has 7 nitrogen and oxygen atoms in total. The molecule has 2 rings (SSSR count). The van der Waals surface area contributed by atoms with Gasteiger partial charge in [-0.2, -0.15) is 5.10 Å². The molecule has 0 aliphatic rings. The summed E-state index contributed by atoms with van der Waals surface area (Å²) in [6.45, 7) is 7.17. The van der Waals surface area contributed by atoms with E-state index in [0.717, 1.165) is 5.69 Å². The molecule has 0 saturated heterocycles. The summed E-state index contributed by atoms with van der Waals surface area (Å²) in [7, 11) is 0. The SMILES string of the molecule is Cc1nn(-c2ccccc2)c(C)c1C(=O)C(=O)NNC(=O)CC(C)C. The second kappa shape index (κ2) is 7.74. The highest BCUT2D eigenvalue weighted by molar-refractivity contribution is 6.43.